The fraction of sp³-hybridized carbons (Fsp3) is 0.300. The molecule has 1 atom stereocenters. The third kappa shape index (κ3) is 4.75. The smallest absolute Gasteiger partial charge is 0.248 e. The Bertz CT molecular complexity index is 1060. The molecule has 3 N–H and O–H groups in total. The Kier molecular flexibility index (Phi) is 6.64. The van der Waals surface area contributed by atoms with Crippen LogP contribution in [0.4, 0.5) is 5.69 Å². The first-order valence-electron chi connectivity index (χ1n) is 9.27. The van der Waals surface area contributed by atoms with Gasteiger partial charge in [-0.15, -0.1) is 0 Å². The molecule has 30 heavy (non-hydrogen) atoms. The summed E-state index contributed by atoms with van der Waals surface area (Å²) >= 11 is 6.07. The average Bonchev–Trinajstić information content (AvgIpc) is 2.74. The summed E-state index contributed by atoms with van der Waals surface area (Å²) in [6.07, 6.45) is 1.13. The topological polar surface area (TPSA) is 119 Å². The van der Waals surface area contributed by atoms with E-state index in [4.69, 9.17) is 22.1 Å². The van der Waals surface area contributed by atoms with Gasteiger partial charge in [0.25, 0.3) is 0 Å². The van der Waals surface area contributed by atoms with Crippen LogP contribution in [0.15, 0.2) is 47.4 Å². The molecule has 2 aromatic carbocycles. The number of hydrogen-bond acceptors (Lipinski definition) is 5. The van der Waals surface area contributed by atoms with Crippen molar-refractivity contribution in [2.75, 3.05) is 25.5 Å². The van der Waals surface area contributed by atoms with Gasteiger partial charge in [-0.2, -0.15) is 4.31 Å². The van der Waals surface area contributed by atoms with Crippen LogP contribution in [0.3, 0.4) is 0 Å². The van der Waals surface area contributed by atoms with Gasteiger partial charge in [-0.3, -0.25) is 9.59 Å². The van der Waals surface area contributed by atoms with Gasteiger partial charge in [-0.1, -0.05) is 11.6 Å². The SMILES string of the molecule is COc1ccc(S(=O)(=O)N2CCC[C@H](C(=O)Nc3ccc(C(N)=O)cc3)C2)cc1Cl. The molecule has 0 unspecified atom stereocenters. The Balaban J connectivity index is 1.71. The summed E-state index contributed by atoms with van der Waals surface area (Å²) in [7, 11) is -2.35. The molecule has 0 saturated carbocycles. The number of rotatable bonds is 6. The van der Waals surface area contributed by atoms with Gasteiger partial charge >= 0.3 is 0 Å². The van der Waals surface area contributed by atoms with Gasteiger partial charge in [-0.05, 0) is 55.3 Å². The van der Waals surface area contributed by atoms with Gasteiger partial charge < -0.3 is 15.8 Å². The molecule has 0 radical (unpaired) electrons. The second-order valence-electron chi connectivity index (χ2n) is 6.93. The van der Waals surface area contributed by atoms with E-state index in [0.717, 1.165) is 0 Å². The lowest BCUT2D eigenvalue weighted by Crippen LogP contribution is -2.43. The number of primary amides is 1. The van der Waals surface area contributed by atoms with E-state index >= 15 is 0 Å². The van der Waals surface area contributed by atoms with Gasteiger partial charge in [0.1, 0.15) is 5.75 Å². The van der Waals surface area contributed by atoms with Crippen LogP contribution < -0.4 is 15.8 Å². The van der Waals surface area contributed by atoms with Crippen molar-refractivity contribution in [3.05, 3.63) is 53.1 Å². The summed E-state index contributed by atoms with van der Waals surface area (Å²) in [6, 6.07) is 10.5. The molecule has 10 heteroatoms. The molecule has 0 spiro atoms. The number of nitrogens with zero attached hydrogens (tertiary/aromatic N) is 1. The van der Waals surface area contributed by atoms with E-state index in [9.17, 15) is 18.0 Å². The van der Waals surface area contributed by atoms with Crippen LogP contribution >= 0.6 is 11.6 Å². The van der Waals surface area contributed by atoms with Gasteiger partial charge in [0.05, 0.1) is 22.9 Å². The van der Waals surface area contributed by atoms with Crippen molar-refractivity contribution >= 4 is 39.1 Å². The molecule has 1 heterocycles. The second-order valence-corrected chi connectivity index (χ2v) is 9.27. The predicted molar refractivity (Wildman–Crippen MR) is 113 cm³/mol. The minimum absolute atomic E-state index is 0.0522. The maximum Gasteiger partial charge on any atom is 0.248 e. The summed E-state index contributed by atoms with van der Waals surface area (Å²) in [5, 5.41) is 2.96. The van der Waals surface area contributed by atoms with E-state index in [1.807, 2.05) is 0 Å². The molecule has 1 saturated heterocycles. The van der Waals surface area contributed by atoms with E-state index in [0.29, 0.717) is 36.4 Å². The first-order chi connectivity index (χ1) is 14.2. The molecule has 1 fully saturated rings. The monoisotopic (exact) mass is 451 g/mol. The number of ether oxygens (including phenoxy) is 1. The number of piperidine rings is 1. The van der Waals surface area contributed by atoms with Gasteiger partial charge in [0.15, 0.2) is 0 Å². The molecule has 1 aliphatic heterocycles. The highest BCUT2D eigenvalue weighted by molar-refractivity contribution is 7.89. The third-order valence-corrected chi connectivity index (χ3v) is 7.11. The molecular formula is C20H22ClN3O5S. The van der Waals surface area contributed by atoms with Crippen LogP contribution in [0.1, 0.15) is 23.2 Å². The number of sulfonamides is 1. The highest BCUT2D eigenvalue weighted by Crippen LogP contribution is 2.30. The number of methoxy groups -OCH3 is 1. The predicted octanol–water partition coefficient (Wildman–Crippen LogP) is 2.49. The van der Waals surface area contributed by atoms with Crippen LogP contribution in [0.5, 0.6) is 5.75 Å². The summed E-state index contributed by atoms with van der Waals surface area (Å²) in [6.45, 7) is 0.389. The Morgan fingerprint density at radius 3 is 2.50 bits per heavy atom. The van der Waals surface area contributed by atoms with Crippen LogP contribution in [0.2, 0.25) is 5.02 Å². The summed E-state index contributed by atoms with van der Waals surface area (Å²) < 4.78 is 32.4. The molecule has 8 nitrogen and oxygen atoms in total. The Labute approximate surface area is 180 Å². The first-order valence-corrected chi connectivity index (χ1v) is 11.1. The van der Waals surface area contributed by atoms with Crippen LogP contribution in [0, 0.1) is 5.92 Å². The maximum absolute atomic E-state index is 13.0. The molecule has 2 amide bonds. The van der Waals surface area contributed by atoms with Crippen molar-refractivity contribution in [3.63, 3.8) is 0 Å². The minimum Gasteiger partial charge on any atom is -0.495 e. The molecule has 0 aliphatic carbocycles. The van der Waals surface area contributed by atoms with Crippen molar-refractivity contribution in [1.29, 1.82) is 0 Å². The summed E-state index contributed by atoms with van der Waals surface area (Å²) in [5.41, 5.74) is 6.05. The molecule has 3 rings (SSSR count). The quantitative estimate of drug-likeness (QED) is 0.699. The normalized spacial score (nSPS) is 17.3. The minimum atomic E-state index is -3.80. The van der Waals surface area contributed by atoms with Gasteiger partial charge in [0.2, 0.25) is 21.8 Å². The lowest BCUT2D eigenvalue weighted by Gasteiger charge is -2.31. The van der Waals surface area contributed by atoms with E-state index in [1.165, 1.54) is 41.7 Å². The number of nitrogens with one attached hydrogen (secondary N) is 1. The standard InChI is InChI=1S/C20H22ClN3O5S/c1-29-18-9-8-16(11-17(18)21)30(27,28)24-10-2-3-14(12-24)20(26)23-15-6-4-13(5-7-15)19(22)25/h4-9,11,14H,2-3,10,12H2,1H3,(H2,22,25)(H,23,26)/t14-/m0/s1. The Hall–Kier alpha value is -2.62. The fourth-order valence-electron chi connectivity index (χ4n) is 3.29. The van der Waals surface area contributed by atoms with Crippen molar-refractivity contribution in [1.82, 2.24) is 4.31 Å². The molecule has 1 aliphatic rings. The van der Waals surface area contributed by atoms with Crippen molar-refractivity contribution in [2.45, 2.75) is 17.7 Å². The lowest BCUT2D eigenvalue weighted by molar-refractivity contribution is -0.120. The fourth-order valence-corrected chi connectivity index (χ4v) is 5.17. The molecule has 2 aromatic rings. The Morgan fingerprint density at radius 2 is 1.90 bits per heavy atom. The number of benzene rings is 2. The Morgan fingerprint density at radius 1 is 1.20 bits per heavy atom. The van der Waals surface area contributed by atoms with E-state index in [2.05, 4.69) is 5.32 Å². The molecular weight excluding hydrogens is 430 g/mol. The number of halogens is 1. The zero-order valence-corrected chi connectivity index (χ0v) is 17.9. The maximum atomic E-state index is 13.0. The number of hydrogen-bond donors (Lipinski definition) is 2. The third-order valence-electron chi connectivity index (χ3n) is 4.95. The number of carbonyl (C=O) groups excluding carboxylic acids is 2. The van der Waals surface area contributed by atoms with Crippen LogP contribution in [0.25, 0.3) is 0 Å². The lowest BCUT2D eigenvalue weighted by atomic mass is 9.98. The van der Waals surface area contributed by atoms with Crippen molar-refractivity contribution in [2.24, 2.45) is 11.7 Å². The number of anilines is 1. The summed E-state index contributed by atoms with van der Waals surface area (Å²) in [4.78, 5) is 23.9. The van der Waals surface area contributed by atoms with Crippen molar-refractivity contribution < 1.29 is 22.7 Å². The van der Waals surface area contributed by atoms with Crippen molar-refractivity contribution in [3.8, 4) is 5.75 Å². The largest absolute Gasteiger partial charge is 0.495 e. The highest BCUT2D eigenvalue weighted by atomic mass is 35.5. The van der Waals surface area contributed by atoms with Crippen LogP contribution in [-0.4, -0.2) is 44.7 Å². The molecule has 0 bridgehead atoms. The van der Waals surface area contributed by atoms with Gasteiger partial charge in [-0.25, -0.2) is 8.42 Å². The summed E-state index contributed by atoms with van der Waals surface area (Å²) in [5.74, 6) is -0.957. The van der Waals surface area contributed by atoms with Gasteiger partial charge in [0, 0.05) is 24.3 Å². The first kappa shape index (κ1) is 22.1. The van der Waals surface area contributed by atoms with E-state index in [-0.39, 0.29) is 22.4 Å². The molecule has 160 valence electrons. The second kappa shape index (κ2) is 9.03. The zero-order chi connectivity index (χ0) is 21.9. The zero-order valence-electron chi connectivity index (χ0n) is 16.3. The van der Waals surface area contributed by atoms with E-state index < -0.39 is 21.8 Å². The van der Waals surface area contributed by atoms with Crippen LogP contribution in [-0.2, 0) is 14.8 Å². The average molecular weight is 452 g/mol. The number of carbonyl (C=O) groups is 2. The molecule has 0 aromatic heterocycles. The van der Waals surface area contributed by atoms with E-state index in [1.54, 1.807) is 12.1 Å². The number of amides is 2. The number of nitrogens with two attached hydrogens (primary N) is 1. The highest BCUT2D eigenvalue weighted by Gasteiger charge is 2.33.